The number of hydrogen-bond donors (Lipinski definition) is 2. The first-order valence-electron chi connectivity index (χ1n) is 6.02. The van der Waals surface area contributed by atoms with E-state index < -0.39 is 16.1 Å². The normalized spacial score (nSPS) is 12.8. The second kappa shape index (κ2) is 7.05. The maximum Gasteiger partial charge on any atom is 0.260 e. The molecule has 6 nitrogen and oxygen atoms in total. The minimum Gasteiger partial charge on any atom is -0.479 e. The molecule has 0 aliphatic heterocycles. The van der Waals surface area contributed by atoms with E-state index in [-0.39, 0.29) is 16.6 Å². The number of ether oxygens (including phenoxy) is 1. The number of hydrogen-bond acceptors (Lipinski definition) is 4. The summed E-state index contributed by atoms with van der Waals surface area (Å²) in [5, 5.41) is 7.80. The van der Waals surface area contributed by atoms with Gasteiger partial charge in [-0.2, -0.15) is 0 Å². The van der Waals surface area contributed by atoms with Crippen LogP contribution < -0.4 is 15.2 Å². The van der Waals surface area contributed by atoms with Gasteiger partial charge in [-0.1, -0.05) is 22.9 Å². The molecule has 1 amide bonds. The average molecular weight is 365 g/mol. The summed E-state index contributed by atoms with van der Waals surface area (Å²) in [5.41, 5.74) is 0. The molecule has 8 heteroatoms. The number of nitrogens with one attached hydrogen (secondary N) is 1. The van der Waals surface area contributed by atoms with Crippen molar-refractivity contribution in [3.05, 3.63) is 22.7 Å². The lowest BCUT2D eigenvalue weighted by Gasteiger charge is -2.16. The number of rotatable bonds is 6. The van der Waals surface area contributed by atoms with Crippen LogP contribution in [0.2, 0.25) is 0 Å². The third kappa shape index (κ3) is 4.77. The molecule has 0 radical (unpaired) electrons. The highest BCUT2D eigenvalue weighted by molar-refractivity contribution is 9.10. The summed E-state index contributed by atoms with van der Waals surface area (Å²) in [6, 6.07) is 4.40. The van der Waals surface area contributed by atoms with Crippen LogP contribution in [0.25, 0.3) is 0 Å². The predicted molar refractivity (Wildman–Crippen MR) is 78.9 cm³/mol. The molecule has 0 aliphatic rings. The molecule has 112 valence electrons. The van der Waals surface area contributed by atoms with Crippen LogP contribution in [-0.4, -0.2) is 27.0 Å². The van der Waals surface area contributed by atoms with Crippen molar-refractivity contribution >= 4 is 31.9 Å². The van der Waals surface area contributed by atoms with E-state index in [1.165, 1.54) is 12.1 Å². The number of carbonyl (C=O) groups is 1. The Hall–Kier alpha value is -1.12. The van der Waals surface area contributed by atoms with Crippen LogP contribution in [0.4, 0.5) is 0 Å². The van der Waals surface area contributed by atoms with Crippen LogP contribution in [0.15, 0.2) is 27.6 Å². The molecule has 1 aromatic carbocycles. The molecular weight excluding hydrogens is 348 g/mol. The van der Waals surface area contributed by atoms with Gasteiger partial charge in [-0.3, -0.25) is 4.79 Å². The zero-order chi connectivity index (χ0) is 15.3. The molecule has 1 rings (SSSR count). The van der Waals surface area contributed by atoms with E-state index in [1.54, 1.807) is 13.0 Å². The largest absolute Gasteiger partial charge is 0.479 e. The number of carbonyl (C=O) groups excluding carboxylic acids is 1. The lowest BCUT2D eigenvalue weighted by Crippen LogP contribution is -2.37. The topological polar surface area (TPSA) is 98.5 Å². The van der Waals surface area contributed by atoms with Crippen molar-refractivity contribution in [3.63, 3.8) is 0 Å². The second-order valence-electron chi connectivity index (χ2n) is 4.19. The van der Waals surface area contributed by atoms with Gasteiger partial charge in [-0.15, -0.1) is 0 Å². The smallest absolute Gasteiger partial charge is 0.260 e. The zero-order valence-electron chi connectivity index (χ0n) is 11.2. The van der Waals surface area contributed by atoms with E-state index in [4.69, 9.17) is 9.88 Å². The highest BCUT2D eigenvalue weighted by Crippen LogP contribution is 2.27. The van der Waals surface area contributed by atoms with Crippen LogP contribution in [0.3, 0.4) is 0 Å². The van der Waals surface area contributed by atoms with E-state index in [9.17, 15) is 13.2 Å². The predicted octanol–water partition coefficient (Wildman–Crippen LogP) is 1.39. The number of sulfonamides is 1. The van der Waals surface area contributed by atoms with Gasteiger partial charge in [0.05, 0.1) is 0 Å². The Morgan fingerprint density at radius 2 is 2.15 bits per heavy atom. The van der Waals surface area contributed by atoms with E-state index in [0.29, 0.717) is 11.0 Å². The van der Waals surface area contributed by atoms with Gasteiger partial charge < -0.3 is 10.1 Å². The molecule has 0 aromatic heterocycles. The van der Waals surface area contributed by atoms with Gasteiger partial charge in [0.2, 0.25) is 10.0 Å². The molecule has 0 saturated heterocycles. The van der Waals surface area contributed by atoms with Crippen molar-refractivity contribution in [1.82, 2.24) is 5.32 Å². The maximum atomic E-state index is 11.7. The Bertz CT molecular complexity index is 589. The molecule has 1 atom stereocenters. The molecule has 0 fully saturated rings. The summed E-state index contributed by atoms with van der Waals surface area (Å²) in [4.78, 5) is 11.5. The highest BCUT2D eigenvalue weighted by atomic mass is 79.9. The SMILES string of the molecule is CCCNC(=O)C(C)Oc1ccc(Br)cc1S(N)(=O)=O. The fraction of sp³-hybridized carbons (Fsp3) is 0.417. The standard InChI is InChI=1S/C12H17BrN2O4S/c1-3-6-15-12(16)8(2)19-10-5-4-9(13)7-11(10)20(14,17)18/h4-5,7-8H,3,6H2,1-2H3,(H,15,16)(H2,14,17,18). The molecular formula is C12H17BrN2O4S. The average Bonchev–Trinajstić information content (AvgIpc) is 2.36. The first-order chi connectivity index (χ1) is 9.25. The fourth-order valence-corrected chi connectivity index (χ4v) is 2.64. The van der Waals surface area contributed by atoms with Crippen molar-refractivity contribution in [3.8, 4) is 5.75 Å². The minimum atomic E-state index is -3.93. The number of amides is 1. The van der Waals surface area contributed by atoms with Gasteiger partial charge in [0.1, 0.15) is 10.6 Å². The Labute approximate surface area is 126 Å². The van der Waals surface area contributed by atoms with Gasteiger partial charge in [0.15, 0.2) is 6.10 Å². The van der Waals surface area contributed by atoms with Gasteiger partial charge in [-0.05, 0) is 31.5 Å². The Kier molecular flexibility index (Phi) is 5.97. The summed E-state index contributed by atoms with van der Waals surface area (Å²) in [6.45, 7) is 4.01. The lowest BCUT2D eigenvalue weighted by atomic mass is 10.3. The summed E-state index contributed by atoms with van der Waals surface area (Å²) >= 11 is 3.16. The molecule has 3 N–H and O–H groups in total. The molecule has 20 heavy (non-hydrogen) atoms. The first-order valence-corrected chi connectivity index (χ1v) is 8.36. The fourth-order valence-electron chi connectivity index (χ4n) is 1.44. The van der Waals surface area contributed by atoms with E-state index >= 15 is 0 Å². The van der Waals surface area contributed by atoms with E-state index in [0.717, 1.165) is 6.42 Å². The van der Waals surface area contributed by atoms with E-state index in [1.807, 2.05) is 6.92 Å². The van der Waals surface area contributed by atoms with Crippen molar-refractivity contribution in [2.24, 2.45) is 5.14 Å². The number of benzene rings is 1. The Morgan fingerprint density at radius 1 is 1.50 bits per heavy atom. The third-order valence-corrected chi connectivity index (χ3v) is 3.86. The second-order valence-corrected chi connectivity index (χ2v) is 6.63. The summed E-state index contributed by atoms with van der Waals surface area (Å²) < 4.78 is 29.0. The maximum absolute atomic E-state index is 11.7. The molecule has 0 heterocycles. The lowest BCUT2D eigenvalue weighted by molar-refractivity contribution is -0.127. The zero-order valence-corrected chi connectivity index (χ0v) is 13.6. The van der Waals surface area contributed by atoms with Crippen LogP contribution in [0.5, 0.6) is 5.75 Å². The summed E-state index contributed by atoms with van der Waals surface area (Å²) in [7, 11) is -3.93. The summed E-state index contributed by atoms with van der Waals surface area (Å²) in [5.74, 6) is -0.259. The first kappa shape index (κ1) is 16.9. The van der Waals surface area contributed by atoms with Crippen molar-refractivity contribution in [1.29, 1.82) is 0 Å². The van der Waals surface area contributed by atoms with Gasteiger partial charge in [-0.25, -0.2) is 13.6 Å². The van der Waals surface area contributed by atoms with Crippen molar-refractivity contribution in [2.75, 3.05) is 6.54 Å². The van der Waals surface area contributed by atoms with Gasteiger partial charge in [0.25, 0.3) is 5.91 Å². The molecule has 1 aromatic rings. The Balaban J connectivity index is 2.95. The van der Waals surface area contributed by atoms with Crippen LogP contribution >= 0.6 is 15.9 Å². The molecule has 1 unspecified atom stereocenters. The molecule has 0 aliphatic carbocycles. The summed E-state index contributed by atoms with van der Waals surface area (Å²) in [6.07, 6.45) is -0.0117. The molecule has 0 saturated carbocycles. The molecule has 0 bridgehead atoms. The highest BCUT2D eigenvalue weighted by Gasteiger charge is 2.20. The third-order valence-electron chi connectivity index (χ3n) is 2.43. The van der Waals surface area contributed by atoms with Crippen LogP contribution in [0, 0.1) is 0 Å². The van der Waals surface area contributed by atoms with E-state index in [2.05, 4.69) is 21.2 Å². The number of halogens is 1. The monoisotopic (exact) mass is 364 g/mol. The molecule has 0 spiro atoms. The van der Waals surface area contributed by atoms with Crippen LogP contribution in [0.1, 0.15) is 20.3 Å². The van der Waals surface area contributed by atoms with Gasteiger partial charge >= 0.3 is 0 Å². The quantitative estimate of drug-likeness (QED) is 0.796. The van der Waals surface area contributed by atoms with Crippen LogP contribution in [-0.2, 0) is 14.8 Å². The van der Waals surface area contributed by atoms with Crippen molar-refractivity contribution < 1.29 is 17.9 Å². The number of primary sulfonamides is 1. The van der Waals surface area contributed by atoms with Gasteiger partial charge in [0, 0.05) is 11.0 Å². The van der Waals surface area contributed by atoms with Crippen molar-refractivity contribution in [2.45, 2.75) is 31.3 Å². The number of nitrogens with two attached hydrogens (primary N) is 1. The minimum absolute atomic E-state index is 0.0508. The Morgan fingerprint density at radius 3 is 2.70 bits per heavy atom.